The Hall–Kier alpha value is -3.30. The predicted octanol–water partition coefficient (Wildman–Crippen LogP) is 6.81. The largest absolute Gasteiger partial charge is 0.468 e. The van der Waals surface area contributed by atoms with Gasteiger partial charge in [0.15, 0.2) is 0 Å². The first-order valence-corrected chi connectivity index (χ1v) is 15.8. The molecule has 44 heavy (non-hydrogen) atoms. The van der Waals surface area contributed by atoms with E-state index in [4.69, 9.17) is 14.2 Å². The molecule has 1 saturated heterocycles. The van der Waals surface area contributed by atoms with Crippen molar-refractivity contribution >= 4 is 22.9 Å². The maximum absolute atomic E-state index is 14.7. The molecule has 0 unspecified atom stereocenters. The van der Waals surface area contributed by atoms with Crippen LogP contribution in [0, 0.1) is 17.6 Å². The number of hydrogen-bond acceptors (Lipinski definition) is 5. The van der Waals surface area contributed by atoms with Gasteiger partial charge in [0.2, 0.25) is 0 Å². The number of piperidine rings is 1. The minimum absolute atomic E-state index is 0.208. The fourth-order valence-corrected chi connectivity index (χ4v) is 7.23. The zero-order valence-electron chi connectivity index (χ0n) is 26.2. The summed E-state index contributed by atoms with van der Waals surface area (Å²) in [4.78, 5) is 29.1. The first-order chi connectivity index (χ1) is 21.2. The number of carbonyl (C=O) groups is 2. The Morgan fingerprint density at radius 3 is 2.23 bits per heavy atom. The number of methoxy groups -OCH3 is 2. The first kappa shape index (κ1) is 32.1. The highest BCUT2D eigenvalue weighted by Crippen LogP contribution is 2.39. The highest BCUT2D eigenvalue weighted by atomic mass is 19.1. The van der Waals surface area contributed by atoms with E-state index in [1.807, 2.05) is 0 Å². The monoisotopic (exact) mass is 610 g/mol. The number of fused-ring (bicyclic) bond motifs is 1. The molecule has 3 aromatic rings. The summed E-state index contributed by atoms with van der Waals surface area (Å²) in [5.74, 6) is -0.750. The minimum atomic E-state index is -0.980. The molecule has 1 aliphatic heterocycles. The van der Waals surface area contributed by atoms with Gasteiger partial charge in [-0.25, -0.2) is 13.6 Å². The smallest absolute Gasteiger partial charge is 0.328 e. The second-order valence-electron chi connectivity index (χ2n) is 12.5. The minimum Gasteiger partial charge on any atom is -0.468 e. The van der Waals surface area contributed by atoms with Gasteiger partial charge in [-0.2, -0.15) is 0 Å². The van der Waals surface area contributed by atoms with Gasteiger partial charge in [0.25, 0.3) is 0 Å². The van der Waals surface area contributed by atoms with E-state index >= 15 is 0 Å². The summed E-state index contributed by atoms with van der Waals surface area (Å²) in [6.45, 7) is 5.14. The second-order valence-corrected chi connectivity index (χ2v) is 12.5. The van der Waals surface area contributed by atoms with Gasteiger partial charge in [-0.3, -0.25) is 9.36 Å². The molecule has 2 fully saturated rings. The Morgan fingerprint density at radius 2 is 1.61 bits per heavy atom. The lowest BCUT2D eigenvalue weighted by Gasteiger charge is -2.40. The summed E-state index contributed by atoms with van der Waals surface area (Å²) >= 11 is 0. The summed E-state index contributed by atoms with van der Waals surface area (Å²) in [5.41, 5.74) is 2.16. The van der Waals surface area contributed by atoms with Crippen molar-refractivity contribution in [3.8, 4) is 0 Å². The third-order valence-electron chi connectivity index (χ3n) is 9.49. The first-order valence-electron chi connectivity index (χ1n) is 15.8. The van der Waals surface area contributed by atoms with E-state index in [1.165, 1.54) is 31.4 Å². The van der Waals surface area contributed by atoms with Crippen molar-refractivity contribution in [2.24, 2.45) is 5.92 Å². The molecule has 238 valence electrons. The zero-order valence-corrected chi connectivity index (χ0v) is 26.2. The molecule has 1 aliphatic carbocycles. The molecule has 0 bridgehead atoms. The lowest BCUT2D eigenvalue weighted by Crippen LogP contribution is -2.50. The van der Waals surface area contributed by atoms with Gasteiger partial charge >= 0.3 is 12.0 Å². The maximum Gasteiger partial charge on any atom is 0.328 e. The maximum atomic E-state index is 14.7. The summed E-state index contributed by atoms with van der Waals surface area (Å²) < 4.78 is 46.8. The van der Waals surface area contributed by atoms with Crippen LogP contribution in [0.3, 0.4) is 0 Å². The van der Waals surface area contributed by atoms with Gasteiger partial charge in [-0.05, 0) is 106 Å². The zero-order chi connectivity index (χ0) is 31.4. The molecule has 0 N–H and O–H groups in total. The Morgan fingerprint density at radius 1 is 0.955 bits per heavy atom. The number of rotatable bonds is 9. The predicted molar refractivity (Wildman–Crippen MR) is 165 cm³/mol. The van der Waals surface area contributed by atoms with Crippen molar-refractivity contribution in [1.29, 1.82) is 0 Å². The molecule has 2 aliphatic rings. The van der Waals surface area contributed by atoms with Gasteiger partial charge in [0.1, 0.15) is 11.6 Å². The summed E-state index contributed by atoms with van der Waals surface area (Å²) in [7, 11) is 2.98. The van der Waals surface area contributed by atoms with Gasteiger partial charge in [0.05, 0.1) is 36.9 Å². The Kier molecular flexibility index (Phi) is 10.1. The third-order valence-corrected chi connectivity index (χ3v) is 9.49. The average molecular weight is 611 g/mol. The fourth-order valence-electron chi connectivity index (χ4n) is 7.23. The number of carbonyl (C=O) groups excluding carboxylic acids is 2. The van der Waals surface area contributed by atoms with Gasteiger partial charge in [-0.1, -0.05) is 12.1 Å². The van der Waals surface area contributed by atoms with E-state index in [1.54, 1.807) is 34.8 Å². The summed E-state index contributed by atoms with van der Waals surface area (Å²) in [6.07, 6.45) is 6.53. The molecule has 5 rings (SSSR count). The van der Waals surface area contributed by atoms with Crippen LogP contribution in [0.5, 0.6) is 0 Å². The van der Waals surface area contributed by atoms with Crippen molar-refractivity contribution in [2.75, 3.05) is 33.9 Å². The number of ether oxygens (including phenoxy) is 3. The third kappa shape index (κ3) is 6.54. The van der Waals surface area contributed by atoms with Crippen LogP contribution in [-0.4, -0.2) is 67.6 Å². The summed E-state index contributed by atoms with van der Waals surface area (Å²) in [6, 6.07) is 10.4. The van der Waals surface area contributed by atoms with Crippen molar-refractivity contribution < 1.29 is 32.6 Å². The second kappa shape index (κ2) is 13.8. The lowest BCUT2D eigenvalue weighted by molar-refractivity contribution is -0.149. The lowest BCUT2D eigenvalue weighted by atomic mass is 9.72. The molecule has 1 saturated carbocycles. The molecule has 0 radical (unpaired) electrons. The fraction of sp³-hybridized carbons (Fsp3) is 0.543. The van der Waals surface area contributed by atoms with Gasteiger partial charge in [-0.15, -0.1) is 0 Å². The van der Waals surface area contributed by atoms with Gasteiger partial charge < -0.3 is 19.1 Å². The van der Waals surface area contributed by atoms with E-state index < -0.39 is 17.2 Å². The molecular weight excluding hydrogens is 566 g/mol. The van der Waals surface area contributed by atoms with Crippen LogP contribution in [0.4, 0.5) is 13.6 Å². The number of aromatic nitrogens is 1. The Balaban J connectivity index is 1.45. The van der Waals surface area contributed by atoms with Crippen LogP contribution in [0.25, 0.3) is 10.9 Å². The molecule has 0 atom stereocenters. The molecule has 7 nitrogen and oxygen atoms in total. The highest BCUT2D eigenvalue weighted by Gasteiger charge is 2.45. The van der Waals surface area contributed by atoms with Crippen molar-refractivity contribution in [3.63, 3.8) is 0 Å². The quantitative estimate of drug-likeness (QED) is 0.249. The Bertz CT molecular complexity index is 1450. The number of likely N-dealkylation sites (tertiary alicyclic amines) is 1. The SMILES string of the molecule is COCCc1c(CC2CCC(OC(C)C)CC2)c2ccc(F)cc2n1C(=O)N1CCC(C(=O)OC)(c2ccc(F)cc2)CC1. The molecule has 9 heteroatoms. The van der Waals surface area contributed by atoms with E-state index in [0.717, 1.165) is 48.7 Å². The van der Waals surface area contributed by atoms with E-state index in [9.17, 15) is 18.4 Å². The van der Waals surface area contributed by atoms with Crippen LogP contribution < -0.4 is 0 Å². The number of halogens is 2. The average Bonchev–Trinajstić information content (AvgIpc) is 3.31. The van der Waals surface area contributed by atoms with Crippen LogP contribution in [0.15, 0.2) is 42.5 Å². The summed E-state index contributed by atoms with van der Waals surface area (Å²) in [5, 5.41) is 0.888. The number of nitrogens with zero attached hydrogens (tertiary/aromatic N) is 2. The van der Waals surface area contributed by atoms with Crippen LogP contribution in [-0.2, 0) is 37.3 Å². The molecular formula is C35H44F2N2O5. The highest BCUT2D eigenvalue weighted by molar-refractivity contribution is 5.96. The molecule has 1 amide bonds. The molecule has 0 spiro atoms. The molecule has 2 aromatic carbocycles. The number of benzene rings is 2. The van der Waals surface area contributed by atoms with Crippen molar-refractivity contribution in [1.82, 2.24) is 9.47 Å². The topological polar surface area (TPSA) is 70.0 Å². The Labute approximate surface area is 258 Å². The molecule has 1 aromatic heterocycles. The van der Waals surface area contributed by atoms with E-state index in [-0.39, 0.29) is 24.1 Å². The van der Waals surface area contributed by atoms with Crippen molar-refractivity contribution in [3.05, 3.63) is 70.9 Å². The van der Waals surface area contributed by atoms with Gasteiger partial charge in [0, 0.05) is 37.7 Å². The van der Waals surface area contributed by atoms with Crippen LogP contribution in [0.1, 0.15) is 69.2 Å². The van der Waals surface area contributed by atoms with Crippen LogP contribution >= 0.6 is 0 Å². The molecule has 2 heterocycles. The number of amides is 1. The normalized spacial score (nSPS) is 20.3. The number of hydrogen-bond donors (Lipinski definition) is 0. The van der Waals surface area contributed by atoms with Crippen LogP contribution in [0.2, 0.25) is 0 Å². The van der Waals surface area contributed by atoms with E-state index in [0.29, 0.717) is 56.0 Å². The van der Waals surface area contributed by atoms with E-state index in [2.05, 4.69) is 13.8 Å². The van der Waals surface area contributed by atoms with Crippen molar-refractivity contribution in [2.45, 2.75) is 82.8 Å². The standard InChI is InChI=1S/C35H44F2N2O5/c1-23(2)44-28-12-5-24(6-13-28)21-30-29-14-11-27(37)22-32(29)39(31(30)15-20-42-3)34(41)38-18-16-35(17-19-38,33(40)43-4)25-7-9-26(36)10-8-25/h7-11,14,22-24,28H,5-6,12-13,15-21H2,1-4H3. The number of esters is 1.